The van der Waals surface area contributed by atoms with Crippen LogP contribution in [0.25, 0.3) is 32.3 Å². The smallest absolute Gasteiger partial charge is 0.258 e. The Morgan fingerprint density at radius 3 is 1.77 bits per heavy atom. The Kier molecular flexibility index (Phi) is 9.10. The Balaban J connectivity index is 1.61. The van der Waals surface area contributed by atoms with Crippen LogP contribution in [-0.2, 0) is 9.05 Å². The molecule has 0 spiro atoms. The third kappa shape index (κ3) is 5.54. The minimum atomic E-state index is -2.82. The van der Waals surface area contributed by atoms with Crippen LogP contribution in [0.3, 0.4) is 0 Å². The zero-order chi connectivity index (χ0) is 30.7. The third-order valence-corrected chi connectivity index (χ3v) is 15.4. The summed E-state index contributed by atoms with van der Waals surface area (Å²) in [6.45, 7) is 9.10. The lowest BCUT2D eigenvalue weighted by Crippen LogP contribution is -2.70. The van der Waals surface area contributed by atoms with E-state index in [1.807, 2.05) is 0 Å². The fourth-order valence-electron chi connectivity index (χ4n) is 6.74. The van der Waals surface area contributed by atoms with Gasteiger partial charge in [0.05, 0.1) is 25.3 Å². The van der Waals surface area contributed by atoms with Crippen LogP contribution in [-0.4, -0.2) is 37.7 Å². The van der Waals surface area contributed by atoms with Crippen molar-refractivity contribution in [3.63, 3.8) is 0 Å². The van der Waals surface area contributed by atoms with Gasteiger partial charge in [0.15, 0.2) is 8.07 Å². The molecule has 6 heteroatoms. The highest BCUT2D eigenvalue weighted by Gasteiger charge is 2.43. The van der Waals surface area contributed by atoms with Gasteiger partial charge < -0.3 is 9.05 Å². The maximum absolute atomic E-state index is 9.29. The molecule has 44 heavy (non-hydrogen) atoms. The molecule has 1 unspecified atom stereocenters. The van der Waals surface area contributed by atoms with E-state index in [9.17, 15) is 5.26 Å². The lowest BCUT2D eigenvalue weighted by atomic mass is 9.94. The molecule has 6 rings (SSSR count). The maximum Gasteiger partial charge on any atom is 0.258 e. The first-order valence-electron chi connectivity index (χ1n) is 15.4. The van der Waals surface area contributed by atoms with Crippen LogP contribution >= 0.6 is 8.53 Å². The molecule has 222 valence electrons. The number of nitriles is 1. The molecule has 0 fully saturated rings. The van der Waals surface area contributed by atoms with Gasteiger partial charge in [-0.15, -0.1) is 0 Å². The zero-order valence-corrected chi connectivity index (χ0v) is 27.8. The first-order chi connectivity index (χ1) is 21.5. The summed E-state index contributed by atoms with van der Waals surface area (Å²) in [4.78, 5) is 0. The molecule has 0 radical (unpaired) electrons. The van der Waals surface area contributed by atoms with E-state index in [1.54, 1.807) is 0 Å². The molecule has 0 saturated carbocycles. The van der Waals surface area contributed by atoms with Crippen LogP contribution in [0, 0.1) is 11.3 Å². The minimum Gasteiger partial charge on any atom is -0.324 e. The van der Waals surface area contributed by atoms with Crippen LogP contribution < -0.4 is 15.6 Å². The SMILES string of the molecule is CC(C)N(C(C)C)P(OCCC#N)OC[Si](c1ccccc1)(c1ccccc1)c1ccc2ccc3cccc4ccc1c2c34. The van der Waals surface area contributed by atoms with Crippen LogP contribution in [0.4, 0.5) is 0 Å². The van der Waals surface area contributed by atoms with E-state index < -0.39 is 16.6 Å². The van der Waals surface area contributed by atoms with E-state index >= 15 is 0 Å². The molecule has 1 atom stereocenters. The molecule has 0 saturated heterocycles. The molecule has 6 aromatic carbocycles. The second-order valence-electron chi connectivity index (χ2n) is 11.9. The van der Waals surface area contributed by atoms with E-state index in [-0.39, 0.29) is 12.1 Å². The highest BCUT2D eigenvalue weighted by molar-refractivity contribution is 7.44. The van der Waals surface area contributed by atoms with Crippen molar-refractivity contribution in [3.8, 4) is 6.07 Å². The van der Waals surface area contributed by atoms with Gasteiger partial charge in [0.25, 0.3) is 8.53 Å². The average molecular weight is 615 g/mol. The number of rotatable bonds is 12. The summed E-state index contributed by atoms with van der Waals surface area (Å²) in [7, 11) is -4.24. The van der Waals surface area contributed by atoms with Gasteiger partial charge in [-0.2, -0.15) is 5.26 Å². The van der Waals surface area contributed by atoms with Crippen molar-refractivity contribution >= 4 is 64.5 Å². The Labute approximate surface area is 263 Å². The van der Waals surface area contributed by atoms with E-state index in [0.29, 0.717) is 19.3 Å². The Morgan fingerprint density at radius 2 is 1.20 bits per heavy atom. The first-order valence-corrected chi connectivity index (χ1v) is 18.8. The Morgan fingerprint density at radius 1 is 0.659 bits per heavy atom. The molecule has 0 aliphatic rings. The highest BCUT2D eigenvalue weighted by atomic mass is 31.2. The van der Waals surface area contributed by atoms with Crippen molar-refractivity contribution < 1.29 is 9.05 Å². The molecule has 0 heterocycles. The lowest BCUT2D eigenvalue weighted by molar-refractivity contribution is 0.190. The van der Waals surface area contributed by atoms with Crippen molar-refractivity contribution in [1.29, 1.82) is 5.26 Å². The van der Waals surface area contributed by atoms with Crippen molar-refractivity contribution in [2.45, 2.75) is 46.2 Å². The van der Waals surface area contributed by atoms with Gasteiger partial charge in [-0.25, -0.2) is 4.67 Å². The molecular weight excluding hydrogens is 575 g/mol. The summed E-state index contributed by atoms with van der Waals surface area (Å²) in [5.41, 5.74) is 0. The summed E-state index contributed by atoms with van der Waals surface area (Å²) in [6, 6.07) is 44.9. The summed E-state index contributed by atoms with van der Waals surface area (Å²) in [5.74, 6) is 0. The lowest BCUT2D eigenvalue weighted by Gasteiger charge is -2.39. The standard InChI is InChI=1S/C38H39N2O2PSi/c1-28(2)40(29(3)4)43(41-26-12-25-39)42-27-44(33-15-7-5-8-16-33,34-17-9-6-10-18-34)36-24-22-32-20-19-30-13-11-14-31-21-23-35(36)38(32)37(30)31/h5-11,13-24,28-29H,12,26-27H2,1-4H3. The Bertz CT molecular complexity index is 1830. The van der Waals surface area contributed by atoms with E-state index in [2.05, 4.69) is 154 Å². The van der Waals surface area contributed by atoms with Crippen LogP contribution in [0.2, 0.25) is 0 Å². The second kappa shape index (κ2) is 13.2. The molecule has 0 amide bonds. The van der Waals surface area contributed by atoms with Crippen LogP contribution in [0.5, 0.6) is 0 Å². The van der Waals surface area contributed by atoms with Gasteiger partial charge >= 0.3 is 0 Å². The predicted octanol–water partition coefficient (Wildman–Crippen LogP) is 7.89. The topological polar surface area (TPSA) is 45.5 Å². The van der Waals surface area contributed by atoms with Gasteiger partial charge in [-0.1, -0.05) is 115 Å². The van der Waals surface area contributed by atoms with Crippen molar-refractivity contribution in [3.05, 3.63) is 115 Å². The zero-order valence-electron chi connectivity index (χ0n) is 25.9. The predicted molar refractivity (Wildman–Crippen MR) is 189 cm³/mol. The third-order valence-electron chi connectivity index (χ3n) is 8.58. The van der Waals surface area contributed by atoms with Crippen molar-refractivity contribution in [1.82, 2.24) is 4.67 Å². The van der Waals surface area contributed by atoms with Gasteiger partial charge in [-0.05, 0) is 75.6 Å². The molecule has 6 aromatic rings. The number of hydrogen-bond acceptors (Lipinski definition) is 4. The number of nitrogens with zero attached hydrogens (tertiary/aromatic N) is 2. The number of hydrogen-bond donors (Lipinski definition) is 0. The van der Waals surface area contributed by atoms with Gasteiger partial charge in [0, 0.05) is 12.1 Å². The first kappa shape index (κ1) is 30.4. The maximum atomic E-state index is 9.29. The fraction of sp³-hybridized carbons (Fsp3) is 0.237. The van der Waals surface area contributed by atoms with Gasteiger partial charge in [-0.3, -0.25) is 0 Å². The van der Waals surface area contributed by atoms with E-state index in [1.165, 1.54) is 47.9 Å². The Hall–Kier alpha value is -3.62. The highest BCUT2D eigenvalue weighted by Crippen LogP contribution is 2.46. The van der Waals surface area contributed by atoms with Crippen LogP contribution in [0.15, 0.2) is 115 Å². The fourth-order valence-corrected chi connectivity index (χ4v) is 13.3. The summed E-state index contributed by atoms with van der Waals surface area (Å²) < 4.78 is 15.9. The normalized spacial score (nSPS) is 13.0. The minimum absolute atomic E-state index is 0.224. The number of benzene rings is 6. The summed E-state index contributed by atoms with van der Waals surface area (Å²) in [6.07, 6.45) is 0.848. The molecular formula is C38H39N2O2PSi. The largest absolute Gasteiger partial charge is 0.324 e. The molecule has 0 aromatic heterocycles. The van der Waals surface area contributed by atoms with Gasteiger partial charge in [0.2, 0.25) is 0 Å². The quantitative estimate of drug-likeness (QED) is 0.0463. The summed E-state index contributed by atoms with van der Waals surface area (Å²) >= 11 is 0. The van der Waals surface area contributed by atoms with Gasteiger partial charge in [0.1, 0.15) is 0 Å². The van der Waals surface area contributed by atoms with E-state index in [4.69, 9.17) is 9.05 Å². The molecule has 0 aliphatic heterocycles. The average Bonchev–Trinajstić information content (AvgIpc) is 3.05. The molecule has 0 N–H and O–H groups in total. The van der Waals surface area contributed by atoms with Crippen molar-refractivity contribution in [2.75, 3.05) is 12.8 Å². The van der Waals surface area contributed by atoms with Crippen molar-refractivity contribution in [2.24, 2.45) is 0 Å². The molecule has 0 aliphatic carbocycles. The second-order valence-corrected chi connectivity index (χ2v) is 17.2. The monoisotopic (exact) mass is 614 g/mol. The van der Waals surface area contributed by atoms with Crippen LogP contribution in [0.1, 0.15) is 34.1 Å². The molecule has 0 bridgehead atoms. The van der Waals surface area contributed by atoms with E-state index in [0.717, 1.165) is 0 Å². The molecule has 4 nitrogen and oxygen atoms in total. The summed E-state index contributed by atoms with van der Waals surface area (Å²) in [5, 5.41) is 20.9.